The van der Waals surface area contributed by atoms with Crippen molar-refractivity contribution >= 4 is 28.3 Å². The Morgan fingerprint density at radius 3 is 2.19 bits per heavy atom. The van der Waals surface area contributed by atoms with Crippen molar-refractivity contribution in [1.82, 2.24) is 20.3 Å². The van der Waals surface area contributed by atoms with Gasteiger partial charge < -0.3 is 24.8 Å². The van der Waals surface area contributed by atoms with E-state index in [2.05, 4.69) is 25.6 Å². The highest BCUT2D eigenvalue weighted by Crippen LogP contribution is 2.38. The summed E-state index contributed by atoms with van der Waals surface area (Å²) in [4.78, 5) is 25.4. The van der Waals surface area contributed by atoms with Gasteiger partial charge in [-0.1, -0.05) is 0 Å². The van der Waals surface area contributed by atoms with Gasteiger partial charge in [-0.2, -0.15) is 0 Å². The molecule has 9 nitrogen and oxygen atoms in total. The summed E-state index contributed by atoms with van der Waals surface area (Å²) in [5.41, 5.74) is 3.00. The molecule has 31 heavy (non-hydrogen) atoms. The second kappa shape index (κ2) is 10.1. The fourth-order valence-corrected chi connectivity index (χ4v) is 3.69. The predicted octanol–water partition coefficient (Wildman–Crippen LogP) is 3.29. The molecule has 0 aliphatic carbocycles. The standard InChI is InChI=1S/C21H25N5O4S/c1-12-8-13(2)24-20(23-12)26-21-25-15(11-31-21)19(27)22-7-6-14-9-16(28-3)18(30-5)17(10-14)29-4/h8-11H,6-7H2,1-5H3,(H,22,27)(H,23,24,25,26). The quantitative estimate of drug-likeness (QED) is 0.519. The first-order valence-electron chi connectivity index (χ1n) is 9.55. The zero-order valence-corrected chi connectivity index (χ0v) is 18.9. The number of aryl methyl sites for hydroxylation is 2. The number of ether oxygens (including phenoxy) is 3. The molecule has 164 valence electrons. The number of thiazole rings is 1. The van der Waals surface area contributed by atoms with Crippen LogP contribution in [0.4, 0.5) is 11.1 Å². The molecule has 0 aliphatic rings. The monoisotopic (exact) mass is 443 g/mol. The van der Waals surface area contributed by atoms with Crippen LogP contribution in [0.25, 0.3) is 0 Å². The van der Waals surface area contributed by atoms with Gasteiger partial charge in [-0.05, 0) is 44.0 Å². The first-order chi connectivity index (χ1) is 14.9. The lowest BCUT2D eigenvalue weighted by Crippen LogP contribution is -2.26. The Morgan fingerprint density at radius 2 is 1.61 bits per heavy atom. The van der Waals surface area contributed by atoms with E-state index >= 15 is 0 Å². The molecule has 0 radical (unpaired) electrons. The number of carbonyl (C=O) groups excluding carboxylic acids is 1. The van der Waals surface area contributed by atoms with Crippen LogP contribution in [0.5, 0.6) is 17.2 Å². The predicted molar refractivity (Wildman–Crippen MR) is 119 cm³/mol. The summed E-state index contributed by atoms with van der Waals surface area (Å²) in [6.45, 7) is 4.22. The van der Waals surface area contributed by atoms with Crippen LogP contribution >= 0.6 is 11.3 Å². The van der Waals surface area contributed by atoms with Gasteiger partial charge in [-0.25, -0.2) is 15.0 Å². The van der Waals surface area contributed by atoms with Crippen molar-refractivity contribution < 1.29 is 19.0 Å². The number of amides is 1. The molecule has 0 unspecified atom stereocenters. The van der Waals surface area contributed by atoms with Crippen molar-refractivity contribution in [3.05, 3.63) is 46.2 Å². The van der Waals surface area contributed by atoms with Crippen LogP contribution in [0, 0.1) is 13.8 Å². The van der Waals surface area contributed by atoms with Crippen molar-refractivity contribution in [2.75, 3.05) is 33.2 Å². The molecule has 1 amide bonds. The van der Waals surface area contributed by atoms with E-state index in [0.717, 1.165) is 17.0 Å². The van der Waals surface area contributed by atoms with Gasteiger partial charge in [0.1, 0.15) is 5.69 Å². The molecule has 0 fully saturated rings. The molecule has 0 bridgehead atoms. The first kappa shape index (κ1) is 22.3. The molecule has 2 aromatic heterocycles. The number of aromatic nitrogens is 3. The maximum absolute atomic E-state index is 12.5. The van der Waals surface area contributed by atoms with Crippen LogP contribution in [0.3, 0.4) is 0 Å². The minimum absolute atomic E-state index is 0.252. The fraction of sp³-hybridized carbons (Fsp3) is 0.333. The number of nitrogens with zero attached hydrogens (tertiary/aromatic N) is 3. The van der Waals surface area contributed by atoms with Gasteiger partial charge in [0.25, 0.3) is 5.91 Å². The zero-order chi connectivity index (χ0) is 22.4. The van der Waals surface area contributed by atoms with Gasteiger partial charge in [0, 0.05) is 23.3 Å². The Morgan fingerprint density at radius 1 is 0.968 bits per heavy atom. The van der Waals surface area contributed by atoms with Gasteiger partial charge in [0.15, 0.2) is 16.6 Å². The largest absolute Gasteiger partial charge is 0.493 e. The smallest absolute Gasteiger partial charge is 0.270 e. The minimum Gasteiger partial charge on any atom is -0.493 e. The van der Waals surface area contributed by atoms with Gasteiger partial charge in [-0.3, -0.25) is 4.79 Å². The molecule has 0 saturated carbocycles. The van der Waals surface area contributed by atoms with E-state index in [1.54, 1.807) is 26.7 Å². The van der Waals surface area contributed by atoms with Crippen molar-refractivity contribution in [3.8, 4) is 17.2 Å². The molecular formula is C21H25N5O4S. The lowest BCUT2D eigenvalue weighted by Gasteiger charge is -2.14. The van der Waals surface area contributed by atoms with Crippen LogP contribution in [0.2, 0.25) is 0 Å². The minimum atomic E-state index is -0.252. The zero-order valence-electron chi connectivity index (χ0n) is 18.1. The number of anilines is 2. The molecule has 0 aliphatic heterocycles. The van der Waals surface area contributed by atoms with E-state index in [0.29, 0.717) is 47.0 Å². The van der Waals surface area contributed by atoms with E-state index in [1.165, 1.54) is 11.3 Å². The van der Waals surface area contributed by atoms with Gasteiger partial charge >= 0.3 is 0 Å². The highest BCUT2D eigenvalue weighted by molar-refractivity contribution is 7.14. The summed E-state index contributed by atoms with van der Waals surface area (Å²) in [5.74, 6) is 1.89. The molecule has 3 rings (SSSR count). The number of carbonyl (C=O) groups is 1. The van der Waals surface area contributed by atoms with Gasteiger partial charge in [0.05, 0.1) is 21.3 Å². The third kappa shape index (κ3) is 5.60. The molecule has 1 aromatic carbocycles. The summed E-state index contributed by atoms with van der Waals surface area (Å²) < 4.78 is 16.1. The molecule has 3 aromatic rings. The number of hydrogen-bond donors (Lipinski definition) is 2. The number of rotatable bonds is 9. The first-order valence-corrected chi connectivity index (χ1v) is 10.4. The van der Waals surface area contributed by atoms with Crippen LogP contribution < -0.4 is 24.8 Å². The second-order valence-electron chi connectivity index (χ2n) is 6.68. The van der Waals surface area contributed by atoms with E-state index < -0.39 is 0 Å². The average Bonchev–Trinajstić information content (AvgIpc) is 3.20. The van der Waals surface area contributed by atoms with E-state index in [9.17, 15) is 4.79 Å². The Hall–Kier alpha value is -3.40. The van der Waals surface area contributed by atoms with Crippen molar-refractivity contribution in [2.45, 2.75) is 20.3 Å². The molecule has 0 atom stereocenters. The maximum atomic E-state index is 12.5. The highest BCUT2D eigenvalue weighted by Gasteiger charge is 2.14. The second-order valence-corrected chi connectivity index (χ2v) is 7.53. The number of methoxy groups -OCH3 is 3. The Bertz CT molecular complexity index is 1020. The molecule has 10 heteroatoms. The summed E-state index contributed by atoms with van der Waals surface area (Å²) in [6.07, 6.45) is 0.591. The van der Waals surface area contributed by atoms with Crippen molar-refractivity contribution in [1.29, 1.82) is 0 Å². The molecule has 2 N–H and O–H groups in total. The van der Waals surface area contributed by atoms with Crippen molar-refractivity contribution in [2.24, 2.45) is 0 Å². The summed E-state index contributed by atoms with van der Waals surface area (Å²) in [6, 6.07) is 5.62. The summed E-state index contributed by atoms with van der Waals surface area (Å²) in [5, 5.41) is 8.17. The fourth-order valence-electron chi connectivity index (χ4n) is 3.00. The van der Waals surface area contributed by atoms with E-state index in [-0.39, 0.29) is 5.91 Å². The molecule has 0 saturated heterocycles. The Balaban J connectivity index is 1.59. The van der Waals surface area contributed by atoms with Crippen LogP contribution in [-0.2, 0) is 6.42 Å². The van der Waals surface area contributed by atoms with Crippen molar-refractivity contribution in [3.63, 3.8) is 0 Å². The maximum Gasteiger partial charge on any atom is 0.270 e. The highest BCUT2D eigenvalue weighted by atomic mass is 32.1. The normalized spacial score (nSPS) is 10.5. The summed E-state index contributed by atoms with van der Waals surface area (Å²) >= 11 is 1.32. The number of hydrogen-bond acceptors (Lipinski definition) is 9. The average molecular weight is 444 g/mol. The number of benzene rings is 1. The Kier molecular flexibility index (Phi) is 7.24. The molecule has 2 heterocycles. The third-order valence-corrected chi connectivity index (χ3v) is 5.12. The SMILES string of the molecule is COc1cc(CCNC(=O)c2csc(Nc3nc(C)cc(C)n3)n2)cc(OC)c1OC. The van der Waals surface area contributed by atoms with E-state index in [4.69, 9.17) is 14.2 Å². The van der Waals surface area contributed by atoms with Crippen LogP contribution in [0.15, 0.2) is 23.6 Å². The van der Waals surface area contributed by atoms with Crippen LogP contribution in [-0.4, -0.2) is 48.7 Å². The van der Waals surface area contributed by atoms with Gasteiger partial charge in [-0.15, -0.1) is 11.3 Å². The Labute approximate surface area is 184 Å². The lowest BCUT2D eigenvalue weighted by atomic mass is 10.1. The summed E-state index contributed by atoms with van der Waals surface area (Å²) in [7, 11) is 4.70. The molecular weight excluding hydrogens is 418 g/mol. The topological polar surface area (TPSA) is 107 Å². The van der Waals surface area contributed by atoms with E-state index in [1.807, 2.05) is 32.0 Å². The van der Waals surface area contributed by atoms with Crippen LogP contribution in [0.1, 0.15) is 27.4 Å². The lowest BCUT2D eigenvalue weighted by molar-refractivity contribution is 0.0950. The van der Waals surface area contributed by atoms with Gasteiger partial charge in [0.2, 0.25) is 11.7 Å². The molecule has 0 spiro atoms. The number of nitrogens with one attached hydrogen (secondary N) is 2. The third-order valence-electron chi connectivity index (χ3n) is 4.36.